The molecule has 118 valence electrons. The fourth-order valence-electron chi connectivity index (χ4n) is 3.27. The van der Waals surface area contributed by atoms with Crippen molar-refractivity contribution < 1.29 is 4.92 Å². The first-order valence-electron chi connectivity index (χ1n) is 8.03. The van der Waals surface area contributed by atoms with Crippen LogP contribution in [0.2, 0.25) is 0 Å². The quantitative estimate of drug-likeness (QED) is 0.638. The first kappa shape index (κ1) is 15.8. The van der Waals surface area contributed by atoms with Crippen LogP contribution in [-0.4, -0.2) is 20.7 Å². The Labute approximate surface area is 126 Å². The van der Waals surface area contributed by atoms with Crippen LogP contribution in [0, 0.1) is 23.0 Å². The van der Waals surface area contributed by atoms with E-state index < -0.39 is 0 Å². The van der Waals surface area contributed by atoms with Crippen LogP contribution in [0.1, 0.15) is 58.1 Å². The van der Waals surface area contributed by atoms with Crippen molar-refractivity contribution >= 4 is 11.5 Å². The summed E-state index contributed by atoms with van der Waals surface area (Å²) in [7, 11) is 0. The van der Waals surface area contributed by atoms with Gasteiger partial charge in [0, 0.05) is 12.6 Å². The zero-order valence-corrected chi connectivity index (χ0v) is 13.3. The molecule has 1 heterocycles. The highest BCUT2D eigenvalue weighted by molar-refractivity contribution is 5.60. The van der Waals surface area contributed by atoms with E-state index in [1.807, 2.05) is 0 Å². The minimum atomic E-state index is -0.315. The monoisotopic (exact) mass is 294 g/mol. The van der Waals surface area contributed by atoms with Gasteiger partial charge >= 0.3 is 5.69 Å². The second-order valence-corrected chi connectivity index (χ2v) is 6.09. The van der Waals surface area contributed by atoms with Crippen LogP contribution >= 0.6 is 0 Å². The summed E-state index contributed by atoms with van der Waals surface area (Å²) < 4.78 is 1.76. The number of hydrogen-bond donors (Lipinski definition) is 1. The topological polar surface area (TPSA) is 73.0 Å². The van der Waals surface area contributed by atoms with E-state index in [2.05, 4.69) is 24.3 Å². The second kappa shape index (κ2) is 6.91. The third-order valence-corrected chi connectivity index (χ3v) is 4.44. The molecule has 1 aromatic rings. The van der Waals surface area contributed by atoms with Crippen molar-refractivity contribution in [3.05, 3.63) is 15.8 Å². The van der Waals surface area contributed by atoms with Crippen molar-refractivity contribution in [1.82, 2.24) is 9.78 Å². The maximum absolute atomic E-state index is 11.3. The first-order valence-corrected chi connectivity index (χ1v) is 8.03. The highest BCUT2D eigenvalue weighted by atomic mass is 16.6. The van der Waals surface area contributed by atoms with Crippen molar-refractivity contribution in [2.24, 2.45) is 5.92 Å². The molecule has 0 bridgehead atoms. The lowest BCUT2D eigenvalue weighted by atomic mass is 9.84. The number of rotatable bonds is 6. The van der Waals surface area contributed by atoms with E-state index in [4.69, 9.17) is 0 Å². The molecule has 2 rings (SSSR count). The summed E-state index contributed by atoms with van der Waals surface area (Å²) in [6.07, 6.45) is 7.19. The summed E-state index contributed by atoms with van der Waals surface area (Å²) in [5.74, 6) is 1.18. The SMILES string of the molecule is CCCn1nc(C)c([N+](=O)[O-])c1NC(C)C1CCCCC1. The number of nitrogens with one attached hydrogen (secondary N) is 1. The van der Waals surface area contributed by atoms with Gasteiger partial charge in [-0.15, -0.1) is 0 Å². The van der Waals surface area contributed by atoms with Crippen molar-refractivity contribution in [2.45, 2.75) is 71.9 Å². The molecule has 1 N–H and O–H groups in total. The van der Waals surface area contributed by atoms with Gasteiger partial charge in [0.1, 0.15) is 5.69 Å². The number of nitrogens with zero attached hydrogens (tertiary/aromatic N) is 3. The lowest BCUT2D eigenvalue weighted by Crippen LogP contribution is -2.29. The lowest BCUT2D eigenvalue weighted by Gasteiger charge is -2.28. The predicted molar refractivity (Wildman–Crippen MR) is 83.6 cm³/mol. The van der Waals surface area contributed by atoms with Gasteiger partial charge in [0.15, 0.2) is 0 Å². The Hall–Kier alpha value is -1.59. The molecule has 0 radical (unpaired) electrons. The van der Waals surface area contributed by atoms with E-state index in [1.165, 1.54) is 32.1 Å². The Morgan fingerprint density at radius 2 is 2.10 bits per heavy atom. The standard InChI is InChI=1S/C15H26N4O2/c1-4-10-18-15(14(19(20)21)12(3)17-18)16-11(2)13-8-6-5-7-9-13/h11,13,16H,4-10H2,1-3H3. The van der Waals surface area contributed by atoms with Crippen LogP contribution in [0.5, 0.6) is 0 Å². The molecule has 6 heteroatoms. The molecule has 1 saturated carbocycles. The predicted octanol–water partition coefficient (Wildman–Crippen LogP) is 3.89. The van der Waals surface area contributed by atoms with Gasteiger partial charge in [-0.25, -0.2) is 4.68 Å². The van der Waals surface area contributed by atoms with Gasteiger partial charge in [0.2, 0.25) is 5.82 Å². The fourth-order valence-corrected chi connectivity index (χ4v) is 3.27. The second-order valence-electron chi connectivity index (χ2n) is 6.09. The Morgan fingerprint density at radius 1 is 1.43 bits per heavy atom. The molecule has 0 saturated heterocycles. The molecule has 0 aliphatic heterocycles. The van der Waals surface area contributed by atoms with Crippen LogP contribution in [-0.2, 0) is 6.54 Å². The summed E-state index contributed by atoms with van der Waals surface area (Å²) in [5.41, 5.74) is 0.623. The van der Waals surface area contributed by atoms with Crippen LogP contribution in [0.25, 0.3) is 0 Å². The molecular formula is C15H26N4O2. The van der Waals surface area contributed by atoms with E-state index in [9.17, 15) is 10.1 Å². The van der Waals surface area contributed by atoms with E-state index in [0.29, 0.717) is 24.0 Å². The molecule has 1 atom stereocenters. The summed E-state index contributed by atoms with van der Waals surface area (Å²) in [5, 5.41) is 19.1. The van der Waals surface area contributed by atoms with E-state index >= 15 is 0 Å². The normalized spacial score (nSPS) is 17.7. The summed E-state index contributed by atoms with van der Waals surface area (Å²) >= 11 is 0. The molecule has 0 aromatic carbocycles. The molecule has 1 aliphatic carbocycles. The highest BCUT2D eigenvalue weighted by Gasteiger charge is 2.28. The zero-order chi connectivity index (χ0) is 15.4. The van der Waals surface area contributed by atoms with Gasteiger partial charge in [-0.1, -0.05) is 26.2 Å². The molecule has 1 aromatic heterocycles. The minimum absolute atomic E-state index is 0.131. The Morgan fingerprint density at radius 3 is 2.67 bits per heavy atom. The largest absolute Gasteiger partial charge is 0.362 e. The maximum Gasteiger partial charge on any atom is 0.333 e. The highest BCUT2D eigenvalue weighted by Crippen LogP contribution is 2.32. The smallest absolute Gasteiger partial charge is 0.333 e. The van der Waals surface area contributed by atoms with Crippen molar-refractivity contribution in [3.8, 4) is 0 Å². The average molecular weight is 294 g/mol. The van der Waals surface area contributed by atoms with E-state index in [1.54, 1.807) is 11.6 Å². The third-order valence-electron chi connectivity index (χ3n) is 4.44. The average Bonchev–Trinajstić information content (AvgIpc) is 2.76. The zero-order valence-electron chi connectivity index (χ0n) is 13.3. The van der Waals surface area contributed by atoms with Crippen molar-refractivity contribution in [2.75, 3.05) is 5.32 Å². The Kier molecular flexibility index (Phi) is 5.20. The van der Waals surface area contributed by atoms with Gasteiger partial charge in [0.05, 0.1) is 4.92 Å². The number of nitro groups is 1. The molecule has 1 aliphatic rings. The van der Waals surface area contributed by atoms with Gasteiger partial charge in [-0.3, -0.25) is 10.1 Å². The Balaban J connectivity index is 2.21. The molecule has 1 fully saturated rings. The third kappa shape index (κ3) is 3.54. The van der Waals surface area contributed by atoms with Crippen molar-refractivity contribution in [1.29, 1.82) is 0 Å². The minimum Gasteiger partial charge on any atom is -0.362 e. The fraction of sp³-hybridized carbons (Fsp3) is 0.800. The molecular weight excluding hydrogens is 268 g/mol. The van der Waals surface area contributed by atoms with Crippen LogP contribution in [0.15, 0.2) is 0 Å². The number of aromatic nitrogens is 2. The molecule has 0 spiro atoms. The molecule has 21 heavy (non-hydrogen) atoms. The molecule has 6 nitrogen and oxygen atoms in total. The summed E-state index contributed by atoms with van der Waals surface area (Å²) in [4.78, 5) is 11.0. The Bertz CT molecular complexity index is 492. The van der Waals surface area contributed by atoms with Crippen LogP contribution < -0.4 is 5.32 Å². The summed E-state index contributed by atoms with van der Waals surface area (Å²) in [6.45, 7) is 6.60. The number of aryl methyl sites for hydroxylation is 2. The lowest BCUT2D eigenvalue weighted by molar-refractivity contribution is -0.384. The number of anilines is 1. The van der Waals surface area contributed by atoms with Gasteiger partial charge in [-0.2, -0.15) is 5.10 Å². The first-order chi connectivity index (χ1) is 10.0. The molecule has 1 unspecified atom stereocenters. The van der Waals surface area contributed by atoms with Crippen LogP contribution in [0.4, 0.5) is 11.5 Å². The van der Waals surface area contributed by atoms with Gasteiger partial charge in [-0.05, 0) is 39.0 Å². The van der Waals surface area contributed by atoms with Gasteiger partial charge < -0.3 is 5.32 Å². The van der Waals surface area contributed by atoms with Crippen molar-refractivity contribution in [3.63, 3.8) is 0 Å². The van der Waals surface area contributed by atoms with E-state index in [0.717, 1.165) is 6.42 Å². The molecule has 0 amide bonds. The summed E-state index contributed by atoms with van der Waals surface area (Å²) in [6, 6.07) is 0.246. The maximum atomic E-state index is 11.3. The van der Waals surface area contributed by atoms with Crippen LogP contribution in [0.3, 0.4) is 0 Å². The number of hydrogen-bond acceptors (Lipinski definition) is 4. The van der Waals surface area contributed by atoms with Gasteiger partial charge in [0.25, 0.3) is 0 Å². The van der Waals surface area contributed by atoms with E-state index in [-0.39, 0.29) is 16.7 Å².